The Kier molecular flexibility index (Phi) is 6.14. The average molecular weight is 388 g/mol. The van der Waals surface area contributed by atoms with E-state index in [9.17, 15) is 13.2 Å². The number of nitrogens with one attached hydrogen (secondary N) is 1. The fourth-order valence-electron chi connectivity index (χ4n) is 2.75. The van der Waals surface area contributed by atoms with Crippen molar-refractivity contribution in [2.75, 3.05) is 26.2 Å². The minimum absolute atomic E-state index is 0.0429. The maximum Gasteiger partial charge on any atom is 0.243 e. The van der Waals surface area contributed by atoms with Crippen LogP contribution in [0.3, 0.4) is 0 Å². The Bertz CT molecular complexity index is 723. The Morgan fingerprint density at radius 2 is 1.80 bits per heavy atom. The van der Waals surface area contributed by atoms with Crippen molar-refractivity contribution in [3.63, 3.8) is 0 Å². The van der Waals surface area contributed by atoms with Gasteiger partial charge in [0.1, 0.15) is 0 Å². The molecular weight excluding hydrogens is 362 g/mol. The van der Waals surface area contributed by atoms with Gasteiger partial charge in [0, 0.05) is 36.7 Å². The van der Waals surface area contributed by atoms with Gasteiger partial charge in [0.25, 0.3) is 0 Å². The highest BCUT2D eigenvalue weighted by Crippen LogP contribution is 2.21. The minimum Gasteiger partial charge on any atom is -0.350 e. The van der Waals surface area contributed by atoms with Crippen LogP contribution in [-0.4, -0.2) is 61.3 Å². The van der Waals surface area contributed by atoms with Gasteiger partial charge in [-0.25, -0.2) is 8.42 Å². The van der Waals surface area contributed by atoms with Crippen molar-refractivity contribution in [2.45, 2.75) is 44.2 Å². The highest BCUT2D eigenvalue weighted by molar-refractivity contribution is 7.89. The van der Waals surface area contributed by atoms with Crippen LogP contribution in [0.2, 0.25) is 5.02 Å². The van der Waals surface area contributed by atoms with Crippen LogP contribution in [0.5, 0.6) is 0 Å². The van der Waals surface area contributed by atoms with Crippen LogP contribution in [0.15, 0.2) is 29.2 Å². The number of rotatable bonds is 4. The third-order valence-corrected chi connectivity index (χ3v) is 6.26. The summed E-state index contributed by atoms with van der Waals surface area (Å²) in [7, 11) is -3.56. The van der Waals surface area contributed by atoms with Gasteiger partial charge >= 0.3 is 0 Å². The molecule has 1 amide bonds. The van der Waals surface area contributed by atoms with E-state index in [0.717, 1.165) is 0 Å². The van der Waals surface area contributed by atoms with E-state index in [2.05, 4.69) is 5.32 Å². The highest BCUT2D eigenvalue weighted by Gasteiger charge is 2.32. The number of carbonyl (C=O) groups excluding carboxylic acids is 1. The van der Waals surface area contributed by atoms with Crippen LogP contribution in [0.1, 0.15) is 27.7 Å². The molecule has 1 atom stereocenters. The first kappa shape index (κ1) is 20.2. The van der Waals surface area contributed by atoms with Crippen LogP contribution >= 0.6 is 11.6 Å². The van der Waals surface area contributed by atoms with Gasteiger partial charge in [-0.1, -0.05) is 17.7 Å². The van der Waals surface area contributed by atoms with Gasteiger partial charge in [0.05, 0.1) is 10.9 Å². The molecule has 25 heavy (non-hydrogen) atoms. The summed E-state index contributed by atoms with van der Waals surface area (Å²) in [6, 6.07) is 5.99. The van der Waals surface area contributed by atoms with Crippen molar-refractivity contribution < 1.29 is 13.2 Å². The summed E-state index contributed by atoms with van der Waals surface area (Å²) in [5.41, 5.74) is -0.289. The molecule has 0 radical (unpaired) electrons. The predicted octanol–water partition coefficient (Wildman–Crippen LogP) is 1.95. The quantitative estimate of drug-likeness (QED) is 0.857. The lowest BCUT2D eigenvalue weighted by atomic mass is 10.1. The van der Waals surface area contributed by atoms with E-state index < -0.39 is 10.0 Å². The number of amides is 1. The van der Waals surface area contributed by atoms with Gasteiger partial charge in [-0.15, -0.1) is 0 Å². The molecule has 0 bridgehead atoms. The first-order valence-corrected chi connectivity index (χ1v) is 10.1. The number of hydrogen-bond acceptors (Lipinski definition) is 4. The fraction of sp³-hybridized carbons (Fsp3) is 0.588. The molecule has 1 aromatic carbocycles. The lowest BCUT2D eigenvalue weighted by molar-refractivity contribution is -0.127. The summed E-state index contributed by atoms with van der Waals surface area (Å²) in [6.07, 6.45) is 0. The Labute approximate surface area is 155 Å². The van der Waals surface area contributed by atoms with Crippen molar-refractivity contribution in [2.24, 2.45) is 0 Å². The van der Waals surface area contributed by atoms with Gasteiger partial charge in [-0.2, -0.15) is 4.31 Å². The summed E-state index contributed by atoms with van der Waals surface area (Å²) >= 11 is 5.91. The van der Waals surface area contributed by atoms with Crippen molar-refractivity contribution >= 4 is 27.5 Å². The Hall–Kier alpha value is -1.15. The van der Waals surface area contributed by atoms with Crippen LogP contribution in [0, 0.1) is 0 Å². The van der Waals surface area contributed by atoms with E-state index in [1.54, 1.807) is 18.2 Å². The third-order valence-electron chi connectivity index (χ3n) is 4.13. The van der Waals surface area contributed by atoms with Crippen molar-refractivity contribution in [3.05, 3.63) is 29.3 Å². The summed E-state index contributed by atoms with van der Waals surface area (Å²) in [6.45, 7) is 9.39. The number of sulfonamides is 1. The maximum atomic E-state index is 12.7. The molecule has 0 saturated carbocycles. The molecule has 1 N–H and O–H groups in total. The lowest BCUT2D eigenvalue weighted by Crippen LogP contribution is -2.56. The normalized spacial score (nSPS) is 18.8. The van der Waals surface area contributed by atoms with Crippen molar-refractivity contribution in [1.29, 1.82) is 0 Å². The summed E-state index contributed by atoms with van der Waals surface area (Å²) < 4.78 is 26.9. The Morgan fingerprint density at radius 1 is 1.20 bits per heavy atom. The SMILES string of the molecule is C[C@@H](C(=O)NC(C)(C)C)N1CCN(S(=O)(=O)c2cccc(Cl)c2)CC1. The van der Waals surface area contributed by atoms with Gasteiger partial charge in [0.2, 0.25) is 15.9 Å². The molecule has 8 heteroatoms. The largest absolute Gasteiger partial charge is 0.350 e. The second-order valence-electron chi connectivity index (χ2n) is 7.31. The molecular formula is C17H26ClN3O3S. The molecule has 0 unspecified atom stereocenters. The summed E-state index contributed by atoms with van der Waals surface area (Å²) in [4.78, 5) is 14.5. The van der Waals surface area contributed by atoms with Crippen LogP contribution in [0.25, 0.3) is 0 Å². The standard InChI is InChI=1S/C17H26ClN3O3S/c1-13(16(22)19-17(2,3)4)20-8-10-21(11-9-20)25(23,24)15-7-5-6-14(18)12-15/h5-7,12-13H,8-11H2,1-4H3,(H,19,22)/t13-/m0/s1. The molecule has 140 valence electrons. The fourth-order valence-corrected chi connectivity index (χ4v) is 4.47. The van der Waals surface area contributed by atoms with Gasteiger partial charge in [-0.3, -0.25) is 9.69 Å². The van der Waals surface area contributed by atoms with Crippen LogP contribution < -0.4 is 5.32 Å². The molecule has 0 aromatic heterocycles. The first-order chi connectivity index (χ1) is 11.5. The molecule has 1 fully saturated rings. The number of piperazine rings is 1. The second kappa shape index (κ2) is 7.61. The highest BCUT2D eigenvalue weighted by atomic mass is 35.5. The Balaban J connectivity index is 2.00. The van der Waals surface area contributed by atoms with E-state index in [4.69, 9.17) is 11.6 Å². The van der Waals surface area contributed by atoms with Gasteiger partial charge in [-0.05, 0) is 45.9 Å². The third kappa shape index (κ3) is 5.17. The number of halogens is 1. The summed E-state index contributed by atoms with van der Waals surface area (Å²) in [5.74, 6) is -0.0429. The second-order valence-corrected chi connectivity index (χ2v) is 9.69. The van der Waals surface area contributed by atoms with Crippen LogP contribution in [-0.2, 0) is 14.8 Å². The number of hydrogen-bond donors (Lipinski definition) is 1. The lowest BCUT2D eigenvalue weighted by Gasteiger charge is -2.37. The molecule has 1 aliphatic rings. The molecule has 1 heterocycles. The minimum atomic E-state index is -3.56. The maximum absolute atomic E-state index is 12.7. The van der Waals surface area contributed by atoms with E-state index >= 15 is 0 Å². The Morgan fingerprint density at radius 3 is 2.32 bits per heavy atom. The molecule has 6 nitrogen and oxygen atoms in total. The number of benzene rings is 1. The van der Waals surface area contributed by atoms with E-state index in [1.807, 2.05) is 32.6 Å². The number of nitrogens with zero attached hydrogens (tertiary/aromatic N) is 2. The first-order valence-electron chi connectivity index (χ1n) is 8.32. The molecule has 1 saturated heterocycles. The zero-order chi connectivity index (χ0) is 18.8. The number of carbonyl (C=O) groups is 1. The molecule has 1 aromatic rings. The van der Waals surface area contributed by atoms with E-state index in [1.165, 1.54) is 10.4 Å². The smallest absolute Gasteiger partial charge is 0.243 e. The van der Waals surface area contributed by atoms with Gasteiger partial charge in [0.15, 0.2) is 0 Å². The zero-order valence-corrected chi connectivity index (χ0v) is 16.7. The monoisotopic (exact) mass is 387 g/mol. The van der Waals surface area contributed by atoms with Crippen LogP contribution in [0.4, 0.5) is 0 Å². The molecule has 0 spiro atoms. The topological polar surface area (TPSA) is 69.7 Å². The van der Waals surface area contributed by atoms with E-state index in [-0.39, 0.29) is 22.4 Å². The molecule has 1 aliphatic heterocycles. The van der Waals surface area contributed by atoms with Crippen molar-refractivity contribution in [3.8, 4) is 0 Å². The predicted molar refractivity (Wildman–Crippen MR) is 99.1 cm³/mol. The molecule has 2 rings (SSSR count). The van der Waals surface area contributed by atoms with Gasteiger partial charge < -0.3 is 5.32 Å². The zero-order valence-electron chi connectivity index (χ0n) is 15.1. The summed E-state index contributed by atoms with van der Waals surface area (Å²) in [5, 5.41) is 3.36. The average Bonchev–Trinajstić information content (AvgIpc) is 2.52. The van der Waals surface area contributed by atoms with Crippen molar-refractivity contribution in [1.82, 2.24) is 14.5 Å². The van der Waals surface area contributed by atoms with E-state index in [0.29, 0.717) is 31.2 Å². The molecule has 0 aliphatic carbocycles.